The van der Waals surface area contributed by atoms with Crippen molar-refractivity contribution in [2.45, 2.75) is 24.8 Å². The van der Waals surface area contributed by atoms with Crippen molar-refractivity contribution in [2.24, 2.45) is 0 Å². The lowest BCUT2D eigenvalue weighted by Gasteiger charge is -2.39. The second-order valence-corrected chi connectivity index (χ2v) is 9.88. The van der Waals surface area contributed by atoms with E-state index in [0.717, 1.165) is 41.2 Å². The number of nitriles is 3. The zero-order valence-electron chi connectivity index (χ0n) is 22.6. The Balaban J connectivity index is 0.000000162. The summed E-state index contributed by atoms with van der Waals surface area (Å²) in [7, 11) is 0. The van der Waals surface area contributed by atoms with Gasteiger partial charge in [-0.3, -0.25) is 0 Å². The molecule has 0 amide bonds. The fraction of sp³-hybridized carbons (Fsp3) is 0.182. The zero-order valence-corrected chi connectivity index (χ0v) is 22.6. The Bertz CT molecular complexity index is 1760. The van der Waals surface area contributed by atoms with Gasteiger partial charge >= 0.3 is 0 Å². The van der Waals surface area contributed by atoms with Crippen LogP contribution in [-0.4, -0.2) is 32.3 Å². The molecule has 0 N–H and O–H groups in total. The summed E-state index contributed by atoms with van der Waals surface area (Å²) in [6.45, 7) is 2.82. The minimum Gasteiger partial charge on any atom is -0.365 e. The summed E-state index contributed by atoms with van der Waals surface area (Å²) in [4.78, 5) is 8.44. The van der Waals surface area contributed by atoms with Crippen molar-refractivity contribution in [1.82, 2.24) is 19.1 Å². The highest BCUT2D eigenvalue weighted by Crippen LogP contribution is 2.42. The number of hydrogen-bond acceptors (Lipinski definition) is 7. The maximum absolute atomic E-state index is 9.08. The maximum Gasteiger partial charge on any atom is 0.160 e. The molecule has 2 aliphatic heterocycles. The quantitative estimate of drug-likeness (QED) is 0.315. The summed E-state index contributed by atoms with van der Waals surface area (Å²) in [5.41, 5.74) is 5.98. The molecule has 0 bridgehead atoms. The van der Waals surface area contributed by atoms with Crippen LogP contribution in [0.2, 0.25) is 0 Å². The highest BCUT2D eigenvalue weighted by molar-refractivity contribution is 5.49. The van der Waals surface area contributed by atoms with Crippen molar-refractivity contribution in [3.8, 4) is 18.2 Å². The molecule has 5 aromatic rings. The van der Waals surface area contributed by atoms with E-state index in [1.54, 1.807) is 30.6 Å². The van der Waals surface area contributed by atoms with E-state index in [4.69, 9.17) is 25.3 Å². The Morgan fingerprint density at radius 2 is 1.19 bits per heavy atom. The number of aromatic nitrogens is 4. The van der Waals surface area contributed by atoms with Crippen molar-refractivity contribution in [3.63, 3.8) is 0 Å². The molecule has 7 rings (SSSR count). The first-order chi connectivity index (χ1) is 20.7. The van der Waals surface area contributed by atoms with E-state index in [1.165, 1.54) is 0 Å². The standard InChI is InChI=1S/C20H14N4O.C13H11N3O/c21-11-15-1-5-17(6-2-15)20(18-7-3-16(12-22)4-8-18)19-13-23-14-24(19)9-10-25-20;14-7-10-1-3-11(4-2-10)13-12-8-15-9-16(12)5-6-17-13/h1-8,13-14H,9-10H2;1-4,8-9,13H,5-6H2. The summed E-state index contributed by atoms with van der Waals surface area (Å²) in [6.07, 6.45) is 7.21. The van der Waals surface area contributed by atoms with Gasteiger partial charge < -0.3 is 18.6 Å². The van der Waals surface area contributed by atoms with Crippen LogP contribution in [0.4, 0.5) is 0 Å². The molecule has 1 unspecified atom stereocenters. The van der Waals surface area contributed by atoms with Gasteiger partial charge in [-0.15, -0.1) is 0 Å². The minimum absolute atomic E-state index is 0.0704. The molecule has 0 fully saturated rings. The molecule has 204 valence electrons. The molecule has 0 saturated heterocycles. The molecule has 4 heterocycles. The number of benzene rings is 3. The van der Waals surface area contributed by atoms with Gasteiger partial charge in [-0.1, -0.05) is 36.4 Å². The molecule has 9 nitrogen and oxygen atoms in total. The lowest BCUT2D eigenvalue weighted by atomic mass is 9.82. The van der Waals surface area contributed by atoms with E-state index in [2.05, 4.69) is 37.3 Å². The number of fused-ring (bicyclic) bond motifs is 2. The van der Waals surface area contributed by atoms with Crippen LogP contribution in [0.5, 0.6) is 0 Å². The Labute approximate surface area is 243 Å². The average molecular weight is 552 g/mol. The number of imidazole rings is 2. The van der Waals surface area contributed by atoms with E-state index in [0.29, 0.717) is 29.9 Å². The van der Waals surface area contributed by atoms with Crippen LogP contribution in [0, 0.1) is 34.0 Å². The molecule has 2 aliphatic rings. The van der Waals surface area contributed by atoms with Crippen LogP contribution in [-0.2, 0) is 28.2 Å². The van der Waals surface area contributed by atoms with Crippen LogP contribution in [0.15, 0.2) is 97.8 Å². The van der Waals surface area contributed by atoms with E-state index < -0.39 is 5.60 Å². The van der Waals surface area contributed by atoms with Crippen LogP contribution in [0.1, 0.15) is 50.9 Å². The average Bonchev–Trinajstić information content (AvgIpc) is 3.75. The first kappa shape index (κ1) is 26.7. The molecule has 9 heteroatoms. The van der Waals surface area contributed by atoms with Gasteiger partial charge in [-0.2, -0.15) is 15.8 Å². The molecule has 1 atom stereocenters. The lowest BCUT2D eigenvalue weighted by Crippen LogP contribution is -2.40. The second kappa shape index (κ2) is 11.5. The van der Waals surface area contributed by atoms with Crippen molar-refractivity contribution < 1.29 is 9.47 Å². The van der Waals surface area contributed by atoms with Gasteiger partial charge in [0.2, 0.25) is 0 Å². The van der Waals surface area contributed by atoms with Crippen molar-refractivity contribution in [3.05, 3.63) is 143 Å². The highest BCUT2D eigenvalue weighted by atomic mass is 16.5. The van der Waals surface area contributed by atoms with E-state index in [9.17, 15) is 0 Å². The smallest absolute Gasteiger partial charge is 0.160 e. The molecule has 0 radical (unpaired) electrons. The largest absolute Gasteiger partial charge is 0.365 e. The third-order valence-electron chi connectivity index (χ3n) is 7.54. The van der Waals surface area contributed by atoms with Crippen molar-refractivity contribution in [1.29, 1.82) is 15.8 Å². The monoisotopic (exact) mass is 551 g/mol. The molecule has 0 aliphatic carbocycles. The number of rotatable bonds is 3. The summed E-state index contributed by atoms with van der Waals surface area (Å²) in [5, 5.41) is 26.9. The Morgan fingerprint density at radius 3 is 1.79 bits per heavy atom. The third-order valence-corrected chi connectivity index (χ3v) is 7.54. The molecule has 42 heavy (non-hydrogen) atoms. The van der Waals surface area contributed by atoms with Gasteiger partial charge in [0.05, 0.1) is 84.5 Å². The zero-order chi connectivity index (χ0) is 28.9. The molecular weight excluding hydrogens is 526 g/mol. The molecular formula is C33H25N7O2. The Kier molecular flexibility index (Phi) is 7.32. The van der Waals surface area contributed by atoms with Crippen molar-refractivity contribution >= 4 is 0 Å². The SMILES string of the molecule is N#Cc1ccc(C2(c3ccc(C#N)cc3)OCCn3cncc32)cc1.N#Cc1ccc(C2OCCn3cncc32)cc1. The highest BCUT2D eigenvalue weighted by Gasteiger charge is 2.42. The molecule has 3 aromatic carbocycles. The first-order valence-electron chi connectivity index (χ1n) is 13.4. The van der Waals surface area contributed by atoms with Crippen LogP contribution >= 0.6 is 0 Å². The van der Waals surface area contributed by atoms with E-state index in [-0.39, 0.29) is 6.10 Å². The van der Waals surface area contributed by atoms with Crippen LogP contribution in [0.25, 0.3) is 0 Å². The number of nitrogens with zero attached hydrogens (tertiary/aromatic N) is 7. The number of hydrogen-bond donors (Lipinski definition) is 0. The predicted molar refractivity (Wildman–Crippen MR) is 152 cm³/mol. The normalized spacial score (nSPS) is 16.4. The molecule has 0 spiro atoms. The topological polar surface area (TPSA) is 125 Å². The van der Waals surface area contributed by atoms with Gasteiger partial charge in [0.1, 0.15) is 6.10 Å². The summed E-state index contributed by atoms with van der Waals surface area (Å²) in [6, 6.07) is 28.7. The van der Waals surface area contributed by atoms with Gasteiger partial charge in [-0.05, 0) is 53.1 Å². The molecule has 0 saturated carbocycles. The predicted octanol–water partition coefficient (Wildman–Crippen LogP) is 4.82. The van der Waals surface area contributed by atoms with E-state index >= 15 is 0 Å². The third kappa shape index (κ3) is 4.82. The van der Waals surface area contributed by atoms with Gasteiger partial charge in [0, 0.05) is 13.1 Å². The Morgan fingerprint density at radius 1 is 0.667 bits per heavy atom. The van der Waals surface area contributed by atoms with Crippen molar-refractivity contribution in [2.75, 3.05) is 13.2 Å². The fourth-order valence-electron chi connectivity index (χ4n) is 5.44. The van der Waals surface area contributed by atoms with Gasteiger partial charge in [0.15, 0.2) is 5.60 Å². The summed E-state index contributed by atoms with van der Waals surface area (Å²) >= 11 is 0. The lowest BCUT2D eigenvalue weighted by molar-refractivity contribution is -0.0176. The number of ether oxygens (including phenoxy) is 2. The van der Waals surface area contributed by atoms with Crippen LogP contribution < -0.4 is 0 Å². The van der Waals surface area contributed by atoms with E-state index in [1.807, 2.05) is 67.3 Å². The maximum atomic E-state index is 9.08. The van der Waals surface area contributed by atoms with Gasteiger partial charge in [0.25, 0.3) is 0 Å². The summed E-state index contributed by atoms with van der Waals surface area (Å²) in [5.74, 6) is 0. The fourth-order valence-corrected chi connectivity index (χ4v) is 5.44. The first-order valence-corrected chi connectivity index (χ1v) is 13.4. The Hall–Kier alpha value is -5.53. The minimum atomic E-state index is -0.809. The summed E-state index contributed by atoms with van der Waals surface area (Å²) < 4.78 is 16.3. The van der Waals surface area contributed by atoms with Crippen LogP contribution in [0.3, 0.4) is 0 Å². The second-order valence-electron chi connectivity index (χ2n) is 9.88. The van der Waals surface area contributed by atoms with Gasteiger partial charge in [-0.25, -0.2) is 9.97 Å². The molecule has 2 aromatic heterocycles.